The van der Waals surface area contributed by atoms with Crippen molar-refractivity contribution in [3.05, 3.63) is 43.9 Å². The highest BCUT2D eigenvalue weighted by molar-refractivity contribution is 6.79. The molecule has 0 atom stereocenters. The SMILES string of the molecule is O=[N+]([O-])c1ccc(N/N=C(/Cl)C(Cl)=C(Cl)Cl)cc1. The second-order valence-electron chi connectivity index (χ2n) is 2.89. The summed E-state index contributed by atoms with van der Waals surface area (Å²) in [6.07, 6.45) is 0. The molecule has 0 bridgehead atoms. The molecule has 0 saturated heterocycles. The number of halogens is 4. The predicted octanol–water partition coefficient (Wildman–Crippen LogP) is 4.44. The van der Waals surface area contributed by atoms with Crippen LogP contribution in [0.5, 0.6) is 0 Å². The smallest absolute Gasteiger partial charge is 0.269 e. The van der Waals surface area contributed by atoms with Gasteiger partial charge in [0.25, 0.3) is 5.69 Å². The van der Waals surface area contributed by atoms with Crippen LogP contribution in [0.3, 0.4) is 0 Å². The Kier molecular flexibility index (Phi) is 5.68. The number of benzene rings is 1. The van der Waals surface area contributed by atoms with Gasteiger partial charge in [-0.3, -0.25) is 15.5 Å². The van der Waals surface area contributed by atoms with E-state index in [1.807, 2.05) is 0 Å². The van der Waals surface area contributed by atoms with Crippen LogP contribution in [0, 0.1) is 10.1 Å². The molecule has 1 N–H and O–H groups in total. The highest BCUT2D eigenvalue weighted by atomic mass is 35.5. The Morgan fingerprint density at radius 2 is 1.72 bits per heavy atom. The van der Waals surface area contributed by atoms with Crippen LogP contribution in [0.15, 0.2) is 38.9 Å². The van der Waals surface area contributed by atoms with Gasteiger partial charge in [0.2, 0.25) is 0 Å². The first-order chi connectivity index (χ1) is 8.41. The molecule has 5 nitrogen and oxygen atoms in total. The summed E-state index contributed by atoms with van der Waals surface area (Å²) < 4.78 is -0.212. The van der Waals surface area contributed by atoms with Crippen LogP contribution < -0.4 is 5.43 Å². The lowest BCUT2D eigenvalue weighted by atomic mass is 10.3. The number of anilines is 1. The van der Waals surface area contributed by atoms with Crippen LogP contribution in [0.25, 0.3) is 0 Å². The van der Waals surface area contributed by atoms with Crippen LogP contribution in [0.1, 0.15) is 0 Å². The second-order valence-corrected chi connectivity index (χ2v) is 4.58. The van der Waals surface area contributed by atoms with E-state index in [4.69, 9.17) is 46.4 Å². The zero-order valence-electron chi connectivity index (χ0n) is 8.53. The predicted molar refractivity (Wildman–Crippen MR) is 74.6 cm³/mol. The number of nitro groups is 1. The van der Waals surface area contributed by atoms with E-state index < -0.39 is 4.92 Å². The zero-order chi connectivity index (χ0) is 13.7. The number of allylic oxidation sites excluding steroid dienone is 1. The van der Waals surface area contributed by atoms with Crippen LogP contribution in [0.2, 0.25) is 0 Å². The summed E-state index contributed by atoms with van der Waals surface area (Å²) in [5, 5.41) is 13.9. The van der Waals surface area contributed by atoms with Gasteiger partial charge in [-0.2, -0.15) is 5.10 Å². The van der Waals surface area contributed by atoms with Crippen molar-refractivity contribution in [1.82, 2.24) is 0 Å². The van der Waals surface area contributed by atoms with E-state index in [0.717, 1.165) is 0 Å². The molecule has 1 aromatic rings. The van der Waals surface area contributed by atoms with Crippen molar-refractivity contribution in [2.75, 3.05) is 5.43 Å². The van der Waals surface area contributed by atoms with Crippen molar-refractivity contribution >= 4 is 62.9 Å². The molecular formula is C9H5Cl4N3O2. The molecule has 0 fully saturated rings. The Morgan fingerprint density at radius 3 is 2.17 bits per heavy atom. The normalized spacial score (nSPS) is 11.0. The van der Waals surface area contributed by atoms with Crippen LogP contribution in [0.4, 0.5) is 11.4 Å². The highest BCUT2D eigenvalue weighted by Crippen LogP contribution is 2.21. The van der Waals surface area contributed by atoms with E-state index in [0.29, 0.717) is 5.69 Å². The summed E-state index contributed by atoms with van der Waals surface area (Å²) in [7, 11) is 0. The first kappa shape index (κ1) is 15.0. The second kappa shape index (κ2) is 6.80. The summed E-state index contributed by atoms with van der Waals surface area (Å²) in [5.74, 6) is 0. The maximum Gasteiger partial charge on any atom is 0.269 e. The number of hydrogen-bond donors (Lipinski definition) is 1. The molecule has 18 heavy (non-hydrogen) atoms. The van der Waals surface area contributed by atoms with E-state index >= 15 is 0 Å². The van der Waals surface area contributed by atoms with Crippen LogP contribution in [-0.4, -0.2) is 10.1 Å². The number of hydrazone groups is 1. The monoisotopic (exact) mass is 327 g/mol. The van der Waals surface area contributed by atoms with E-state index in [-0.39, 0.29) is 20.4 Å². The Bertz CT molecular complexity index is 509. The van der Waals surface area contributed by atoms with Gasteiger partial charge in [-0.25, -0.2) is 0 Å². The van der Waals surface area contributed by atoms with Crippen molar-refractivity contribution < 1.29 is 4.92 Å². The lowest BCUT2D eigenvalue weighted by Gasteiger charge is -2.01. The number of rotatable bonds is 4. The third kappa shape index (κ3) is 4.34. The fourth-order valence-electron chi connectivity index (χ4n) is 0.898. The zero-order valence-corrected chi connectivity index (χ0v) is 11.6. The van der Waals surface area contributed by atoms with Gasteiger partial charge in [-0.15, -0.1) is 0 Å². The lowest BCUT2D eigenvalue weighted by molar-refractivity contribution is -0.384. The maximum absolute atomic E-state index is 10.4. The van der Waals surface area contributed by atoms with Crippen molar-refractivity contribution in [2.45, 2.75) is 0 Å². The Balaban J connectivity index is 2.78. The van der Waals surface area contributed by atoms with Crippen molar-refractivity contribution in [3.63, 3.8) is 0 Å². The molecule has 1 aromatic carbocycles. The number of nitrogens with one attached hydrogen (secondary N) is 1. The minimum atomic E-state index is -0.507. The molecular weight excluding hydrogens is 324 g/mol. The van der Waals surface area contributed by atoms with Gasteiger partial charge < -0.3 is 0 Å². The fourth-order valence-corrected chi connectivity index (χ4v) is 1.35. The average molecular weight is 329 g/mol. The number of non-ortho nitro benzene ring substituents is 1. The van der Waals surface area contributed by atoms with Gasteiger partial charge in [0.05, 0.1) is 10.6 Å². The first-order valence-corrected chi connectivity index (χ1v) is 5.88. The van der Waals surface area contributed by atoms with E-state index in [1.165, 1.54) is 24.3 Å². The molecule has 0 saturated carbocycles. The lowest BCUT2D eigenvalue weighted by Crippen LogP contribution is -1.96. The topological polar surface area (TPSA) is 67.5 Å². The van der Waals surface area contributed by atoms with Gasteiger partial charge in [-0.1, -0.05) is 46.4 Å². The number of nitro benzene ring substituents is 1. The minimum absolute atomic E-state index is 0.0302. The van der Waals surface area contributed by atoms with Crippen LogP contribution in [-0.2, 0) is 0 Å². The molecule has 0 aromatic heterocycles. The molecule has 0 aliphatic carbocycles. The quantitative estimate of drug-likeness (QED) is 0.504. The third-order valence-electron chi connectivity index (χ3n) is 1.71. The molecule has 0 unspecified atom stereocenters. The van der Waals surface area contributed by atoms with E-state index in [1.54, 1.807) is 0 Å². The van der Waals surface area contributed by atoms with Gasteiger partial charge >= 0.3 is 0 Å². The first-order valence-electron chi connectivity index (χ1n) is 4.36. The standard InChI is InChI=1S/C9H5Cl4N3O2/c10-7(8(11)12)9(13)15-14-5-1-3-6(4-2-5)16(17)18/h1-4,14H/b15-9+. The van der Waals surface area contributed by atoms with Crippen LogP contribution >= 0.6 is 46.4 Å². The fraction of sp³-hybridized carbons (Fsp3) is 0. The summed E-state index contributed by atoms with van der Waals surface area (Å²) in [6.45, 7) is 0. The van der Waals surface area contributed by atoms with Crippen molar-refractivity contribution in [1.29, 1.82) is 0 Å². The van der Waals surface area contributed by atoms with E-state index in [2.05, 4.69) is 10.5 Å². The molecule has 0 aliphatic rings. The molecule has 96 valence electrons. The Morgan fingerprint density at radius 1 is 1.17 bits per heavy atom. The maximum atomic E-state index is 10.4. The number of nitrogens with zero attached hydrogens (tertiary/aromatic N) is 2. The molecule has 1 rings (SSSR count). The largest absolute Gasteiger partial charge is 0.277 e. The number of hydrogen-bond acceptors (Lipinski definition) is 4. The molecule has 0 heterocycles. The molecule has 9 heteroatoms. The summed E-state index contributed by atoms with van der Waals surface area (Å²) in [5.41, 5.74) is 3.01. The molecule has 0 aliphatic heterocycles. The summed E-state index contributed by atoms with van der Waals surface area (Å²) >= 11 is 22.1. The summed E-state index contributed by atoms with van der Waals surface area (Å²) in [6, 6.07) is 5.56. The molecule has 0 radical (unpaired) electrons. The van der Waals surface area contributed by atoms with Gasteiger partial charge in [0.15, 0.2) is 5.17 Å². The van der Waals surface area contributed by atoms with Gasteiger partial charge in [0.1, 0.15) is 9.52 Å². The third-order valence-corrected chi connectivity index (χ3v) is 3.02. The molecule has 0 spiro atoms. The average Bonchev–Trinajstić information content (AvgIpc) is 2.35. The highest BCUT2D eigenvalue weighted by Gasteiger charge is 2.06. The van der Waals surface area contributed by atoms with Crippen molar-refractivity contribution in [3.8, 4) is 0 Å². The van der Waals surface area contributed by atoms with Crippen molar-refractivity contribution in [2.24, 2.45) is 5.10 Å². The van der Waals surface area contributed by atoms with Gasteiger partial charge in [-0.05, 0) is 12.1 Å². The Labute approximate surface area is 122 Å². The Hall–Kier alpha value is -1.01. The molecule has 0 amide bonds. The minimum Gasteiger partial charge on any atom is -0.277 e. The van der Waals surface area contributed by atoms with Gasteiger partial charge in [0, 0.05) is 12.1 Å². The van der Waals surface area contributed by atoms with E-state index in [9.17, 15) is 10.1 Å². The summed E-state index contributed by atoms with van der Waals surface area (Å²) in [4.78, 5) is 9.92.